The van der Waals surface area contributed by atoms with Crippen LogP contribution in [0.4, 0.5) is 5.69 Å². The first-order chi connectivity index (χ1) is 16.3. The number of amides is 1. The Morgan fingerprint density at radius 1 is 0.971 bits per heavy atom. The monoisotopic (exact) mass is 474 g/mol. The van der Waals surface area contributed by atoms with Crippen molar-refractivity contribution in [1.29, 1.82) is 0 Å². The van der Waals surface area contributed by atoms with Crippen LogP contribution in [-0.4, -0.2) is 47.4 Å². The zero-order valence-electron chi connectivity index (χ0n) is 18.3. The maximum atomic E-state index is 13.0. The molecule has 1 aliphatic rings. The van der Waals surface area contributed by atoms with E-state index in [1.165, 1.54) is 6.07 Å². The summed E-state index contributed by atoms with van der Waals surface area (Å²) < 4.78 is 28.5. The van der Waals surface area contributed by atoms with Gasteiger partial charge in [0.25, 0.3) is 15.9 Å². The third-order valence-corrected chi connectivity index (χ3v) is 7.38. The minimum absolute atomic E-state index is 0.0799. The second-order valence-corrected chi connectivity index (χ2v) is 9.99. The van der Waals surface area contributed by atoms with Crippen molar-refractivity contribution in [1.82, 2.24) is 14.9 Å². The van der Waals surface area contributed by atoms with Gasteiger partial charge in [0.1, 0.15) is 10.5 Å². The molecule has 1 amide bonds. The standard InChI is InChI=1S/C25H22N4O4S/c1-17-21(7-4-13-26-17)25(31)15-29(16-25)24(30)19-9-11-20(12-10-19)28-34(32,33)22-8-2-5-18-6-3-14-27-23(18)22/h2-14,28,31H,15-16H2,1H3. The van der Waals surface area contributed by atoms with E-state index in [0.717, 1.165) is 11.1 Å². The van der Waals surface area contributed by atoms with Gasteiger partial charge in [0.05, 0.1) is 18.6 Å². The van der Waals surface area contributed by atoms with Gasteiger partial charge in [-0.1, -0.05) is 24.3 Å². The number of sulfonamides is 1. The topological polar surface area (TPSA) is 112 Å². The highest BCUT2D eigenvalue weighted by Crippen LogP contribution is 2.34. The number of carbonyl (C=O) groups excluding carboxylic acids is 1. The smallest absolute Gasteiger partial charge is 0.264 e. The lowest BCUT2D eigenvalue weighted by Gasteiger charge is -2.47. The summed E-state index contributed by atoms with van der Waals surface area (Å²) in [5.74, 6) is -0.237. The summed E-state index contributed by atoms with van der Waals surface area (Å²) in [4.78, 5) is 22.9. The molecule has 4 aromatic rings. The largest absolute Gasteiger partial charge is 0.381 e. The number of aliphatic hydroxyl groups is 1. The number of benzene rings is 2. The molecule has 0 atom stereocenters. The Labute approximate surface area is 197 Å². The Hall–Kier alpha value is -3.82. The number of pyridine rings is 2. The van der Waals surface area contributed by atoms with E-state index in [9.17, 15) is 18.3 Å². The molecule has 34 heavy (non-hydrogen) atoms. The normalized spacial score (nSPS) is 15.1. The van der Waals surface area contributed by atoms with E-state index in [-0.39, 0.29) is 23.9 Å². The lowest BCUT2D eigenvalue weighted by molar-refractivity contribution is -0.0869. The molecule has 0 saturated carbocycles. The van der Waals surface area contributed by atoms with Crippen molar-refractivity contribution < 1.29 is 18.3 Å². The molecule has 1 aliphatic heterocycles. The van der Waals surface area contributed by atoms with E-state index in [2.05, 4.69) is 14.7 Å². The molecule has 5 rings (SSSR count). The van der Waals surface area contributed by atoms with E-state index in [1.54, 1.807) is 71.9 Å². The molecule has 2 aromatic carbocycles. The molecule has 172 valence electrons. The van der Waals surface area contributed by atoms with E-state index >= 15 is 0 Å². The van der Waals surface area contributed by atoms with Crippen molar-refractivity contribution in [2.24, 2.45) is 0 Å². The molecule has 0 aliphatic carbocycles. The van der Waals surface area contributed by atoms with Crippen LogP contribution in [0.5, 0.6) is 0 Å². The number of aryl methyl sites for hydroxylation is 1. The van der Waals surface area contributed by atoms with Gasteiger partial charge in [0.15, 0.2) is 0 Å². The number of nitrogens with zero attached hydrogens (tertiary/aromatic N) is 3. The van der Waals surface area contributed by atoms with E-state index in [4.69, 9.17) is 0 Å². The number of para-hydroxylation sites is 1. The molecule has 0 unspecified atom stereocenters. The molecule has 1 saturated heterocycles. The van der Waals surface area contributed by atoms with E-state index in [1.807, 2.05) is 13.0 Å². The molecule has 1 fully saturated rings. The Balaban J connectivity index is 1.30. The zero-order valence-corrected chi connectivity index (χ0v) is 19.2. The lowest BCUT2D eigenvalue weighted by atomic mass is 9.85. The van der Waals surface area contributed by atoms with Gasteiger partial charge in [-0.25, -0.2) is 8.42 Å². The minimum Gasteiger partial charge on any atom is -0.381 e. The second kappa shape index (κ2) is 8.19. The van der Waals surface area contributed by atoms with Crippen LogP contribution in [0.3, 0.4) is 0 Å². The highest BCUT2D eigenvalue weighted by molar-refractivity contribution is 7.93. The first kappa shape index (κ1) is 22.0. The zero-order chi connectivity index (χ0) is 23.9. The third kappa shape index (κ3) is 3.89. The fourth-order valence-electron chi connectivity index (χ4n) is 4.24. The summed E-state index contributed by atoms with van der Waals surface area (Å²) in [5, 5.41) is 11.6. The number of anilines is 1. The fraction of sp³-hybridized carbons (Fsp3) is 0.160. The molecule has 2 aromatic heterocycles. The number of nitrogens with one attached hydrogen (secondary N) is 1. The van der Waals surface area contributed by atoms with Crippen LogP contribution >= 0.6 is 0 Å². The fourth-order valence-corrected chi connectivity index (χ4v) is 5.48. The number of β-amino-alcohol motifs (C(OH)–C–C–N with tert-alkyl or cyclic N) is 1. The number of carbonyl (C=O) groups is 1. The Morgan fingerprint density at radius 3 is 2.38 bits per heavy atom. The van der Waals surface area contributed by atoms with Gasteiger partial charge >= 0.3 is 0 Å². The highest BCUT2D eigenvalue weighted by atomic mass is 32.2. The van der Waals surface area contributed by atoms with Gasteiger partial charge < -0.3 is 10.0 Å². The summed E-state index contributed by atoms with van der Waals surface area (Å²) in [6.45, 7) is 2.16. The van der Waals surface area contributed by atoms with Gasteiger partial charge in [-0.3, -0.25) is 19.5 Å². The molecule has 3 heterocycles. The first-order valence-corrected chi connectivity index (χ1v) is 12.2. The summed E-state index contributed by atoms with van der Waals surface area (Å²) in [5.41, 5.74) is 1.45. The van der Waals surface area contributed by atoms with Gasteiger partial charge in [0.2, 0.25) is 0 Å². The van der Waals surface area contributed by atoms with Crippen LogP contribution in [0.1, 0.15) is 21.6 Å². The van der Waals surface area contributed by atoms with Crippen molar-refractivity contribution in [3.8, 4) is 0 Å². The number of hydrogen-bond donors (Lipinski definition) is 2. The van der Waals surface area contributed by atoms with Crippen molar-refractivity contribution in [2.75, 3.05) is 17.8 Å². The van der Waals surface area contributed by atoms with Gasteiger partial charge in [0, 0.05) is 40.3 Å². The molecule has 8 nitrogen and oxygen atoms in total. The summed E-state index contributed by atoms with van der Waals surface area (Å²) >= 11 is 0. The SMILES string of the molecule is Cc1ncccc1C1(O)CN(C(=O)c2ccc(NS(=O)(=O)c3cccc4cccnc34)cc2)C1. The Bertz CT molecular complexity index is 1490. The van der Waals surface area contributed by atoms with Gasteiger partial charge in [-0.05, 0) is 49.4 Å². The van der Waals surface area contributed by atoms with Crippen LogP contribution in [0.2, 0.25) is 0 Å². The number of rotatable bonds is 5. The predicted octanol–water partition coefficient (Wildman–Crippen LogP) is 3.08. The van der Waals surface area contributed by atoms with Gasteiger partial charge in [-0.15, -0.1) is 0 Å². The number of hydrogen-bond acceptors (Lipinski definition) is 6. The molecular weight excluding hydrogens is 452 g/mol. The Morgan fingerprint density at radius 2 is 1.65 bits per heavy atom. The summed E-state index contributed by atoms with van der Waals surface area (Å²) in [6, 6.07) is 18.3. The van der Waals surface area contributed by atoms with Crippen molar-refractivity contribution in [3.63, 3.8) is 0 Å². The maximum Gasteiger partial charge on any atom is 0.264 e. The van der Waals surface area contributed by atoms with E-state index < -0.39 is 15.6 Å². The lowest BCUT2D eigenvalue weighted by Crippen LogP contribution is -2.61. The summed E-state index contributed by atoms with van der Waals surface area (Å²) in [7, 11) is -3.88. The van der Waals surface area contributed by atoms with Crippen LogP contribution in [0, 0.1) is 6.92 Å². The van der Waals surface area contributed by atoms with Crippen LogP contribution in [0.15, 0.2) is 84.0 Å². The molecule has 0 bridgehead atoms. The average molecular weight is 475 g/mol. The van der Waals surface area contributed by atoms with E-state index in [0.29, 0.717) is 22.3 Å². The molecule has 0 spiro atoms. The van der Waals surface area contributed by atoms with Crippen LogP contribution < -0.4 is 4.72 Å². The van der Waals surface area contributed by atoms with Crippen molar-refractivity contribution in [2.45, 2.75) is 17.4 Å². The number of likely N-dealkylation sites (tertiary alicyclic amines) is 1. The second-order valence-electron chi connectivity index (χ2n) is 8.34. The quantitative estimate of drug-likeness (QED) is 0.460. The van der Waals surface area contributed by atoms with Gasteiger partial charge in [-0.2, -0.15) is 0 Å². The molecule has 2 N–H and O–H groups in total. The minimum atomic E-state index is -3.88. The molecule has 0 radical (unpaired) electrons. The molecule has 9 heteroatoms. The number of aromatic nitrogens is 2. The summed E-state index contributed by atoms with van der Waals surface area (Å²) in [6.07, 6.45) is 3.21. The molecular formula is C25H22N4O4S. The van der Waals surface area contributed by atoms with Crippen LogP contribution in [0.25, 0.3) is 10.9 Å². The van der Waals surface area contributed by atoms with Crippen LogP contribution in [-0.2, 0) is 15.6 Å². The number of fused-ring (bicyclic) bond motifs is 1. The first-order valence-electron chi connectivity index (χ1n) is 10.7. The third-order valence-electron chi connectivity index (χ3n) is 5.97. The van der Waals surface area contributed by atoms with Crippen molar-refractivity contribution in [3.05, 3.63) is 95.9 Å². The maximum absolute atomic E-state index is 13.0. The highest BCUT2D eigenvalue weighted by Gasteiger charge is 2.46. The van der Waals surface area contributed by atoms with Crippen molar-refractivity contribution >= 4 is 32.5 Å². The Kier molecular flexibility index (Phi) is 5.30. The predicted molar refractivity (Wildman–Crippen MR) is 128 cm³/mol. The average Bonchev–Trinajstić information content (AvgIpc) is 2.82.